The van der Waals surface area contributed by atoms with Crippen LogP contribution in [0.5, 0.6) is 0 Å². The first-order valence-electron chi connectivity index (χ1n) is 14.5. The molecule has 1 saturated carbocycles. The summed E-state index contributed by atoms with van der Waals surface area (Å²) in [6.45, 7) is 4.13. The molecule has 220 valence electrons. The maximum absolute atomic E-state index is 5.86. The molecule has 42 heavy (non-hydrogen) atoms. The predicted octanol–water partition coefficient (Wildman–Crippen LogP) is 8.12. The Labute approximate surface area is 258 Å². The van der Waals surface area contributed by atoms with Crippen molar-refractivity contribution in [3.63, 3.8) is 0 Å². The molecular weight excluding hydrogens is 561 g/mol. The van der Waals surface area contributed by atoms with Gasteiger partial charge in [-0.2, -0.15) is 0 Å². The molecular formula is C33H40N6OS2. The molecule has 3 aromatic carbocycles. The number of aryl methyl sites for hydroxylation is 1. The number of aromatic amines is 2. The fourth-order valence-electron chi connectivity index (χ4n) is 5.84. The monoisotopic (exact) mass is 600 g/mol. The van der Waals surface area contributed by atoms with Gasteiger partial charge < -0.3 is 9.74 Å². The molecule has 4 aromatic rings. The highest BCUT2D eigenvalue weighted by Crippen LogP contribution is 2.45. The second kappa shape index (κ2) is 13.5. The number of hydrogen-bond acceptors (Lipinski definition) is 6. The van der Waals surface area contributed by atoms with Crippen molar-refractivity contribution in [1.29, 1.82) is 0 Å². The van der Waals surface area contributed by atoms with E-state index >= 15 is 0 Å². The molecule has 0 amide bonds. The van der Waals surface area contributed by atoms with Crippen LogP contribution in [0, 0.1) is 9.54 Å². The molecule has 9 heteroatoms. The van der Waals surface area contributed by atoms with Gasteiger partial charge in [0.05, 0.1) is 11.4 Å². The number of hydrazine groups is 1. The molecule has 3 N–H and O–H groups in total. The van der Waals surface area contributed by atoms with Gasteiger partial charge in [-0.1, -0.05) is 61.4 Å². The zero-order valence-corrected chi connectivity index (χ0v) is 26.2. The third kappa shape index (κ3) is 7.03. The van der Waals surface area contributed by atoms with Crippen LogP contribution < -0.4 is 15.5 Å². The topological polar surface area (TPSA) is 64.2 Å². The third-order valence-electron chi connectivity index (χ3n) is 8.14. The largest absolute Gasteiger partial charge is 0.394 e. The van der Waals surface area contributed by atoms with E-state index in [2.05, 4.69) is 102 Å². The first kappa shape index (κ1) is 29.8. The summed E-state index contributed by atoms with van der Waals surface area (Å²) >= 11 is 10.7. The zero-order chi connectivity index (χ0) is 29.6. The van der Waals surface area contributed by atoms with E-state index in [4.69, 9.17) is 29.3 Å². The third-order valence-corrected chi connectivity index (χ3v) is 8.71. The highest BCUT2D eigenvalue weighted by Gasteiger charge is 2.28. The molecule has 1 aliphatic carbocycles. The summed E-state index contributed by atoms with van der Waals surface area (Å²) in [5.74, 6) is 1.67. The number of H-pyrrole nitrogens is 2. The van der Waals surface area contributed by atoms with Crippen LogP contribution in [0.4, 0.5) is 11.4 Å². The molecule has 0 spiro atoms. The molecule has 5 rings (SSSR count). The van der Waals surface area contributed by atoms with Crippen LogP contribution in [0.3, 0.4) is 0 Å². The van der Waals surface area contributed by atoms with Crippen molar-refractivity contribution in [3.8, 4) is 5.69 Å². The van der Waals surface area contributed by atoms with Gasteiger partial charge in [0, 0.05) is 33.3 Å². The normalized spacial score (nSPS) is 16.6. The maximum Gasteiger partial charge on any atom is 0.198 e. The van der Waals surface area contributed by atoms with E-state index in [1.54, 1.807) is 4.57 Å². The summed E-state index contributed by atoms with van der Waals surface area (Å²) in [6, 6.07) is 26.0. The van der Waals surface area contributed by atoms with E-state index in [1.807, 2.05) is 24.2 Å². The summed E-state index contributed by atoms with van der Waals surface area (Å²) in [4.78, 5) is 8.04. The standard InChI is InChI=1S/C33H40N6OS2/c1-23(18-19-24-10-7-15-29(20-24)39-32(41)34-35-33(39)42)40-36-38(4)28-14-9-12-26(22-28)31-17-6-5-16-30(31)25-11-8-13-27(21-25)37(2)3/h7-15,20-22,30-31,36H,1,5-6,16-19H2,2-4H3,(H,34,41)(H,35,42). The van der Waals surface area contributed by atoms with Crippen molar-refractivity contribution < 1.29 is 4.84 Å². The lowest BCUT2D eigenvalue weighted by Crippen LogP contribution is -2.34. The van der Waals surface area contributed by atoms with E-state index in [9.17, 15) is 0 Å². The summed E-state index contributed by atoms with van der Waals surface area (Å²) in [7, 11) is 6.18. The van der Waals surface area contributed by atoms with Gasteiger partial charge in [0.25, 0.3) is 0 Å². The Morgan fingerprint density at radius 2 is 1.48 bits per heavy atom. The highest BCUT2D eigenvalue weighted by atomic mass is 32.1. The molecule has 1 fully saturated rings. The van der Waals surface area contributed by atoms with Crippen LogP contribution in [0.15, 0.2) is 85.1 Å². The van der Waals surface area contributed by atoms with Gasteiger partial charge in [0.15, 0.2) is 9.54 Å². The van der Waals surface area contributed by atoms with Crippen molar-refractivity contribution >= 4 is 35.8 Å². The van der Waals surface area contributed by atoms with Gasteiger partial charge >= 0.3 is 0 Å². The Morgan fingerprint density at radius 1 is 0.881 bits per heavy atom. The van der Waals surface area contributed by atoms with E-state index in [0.717, 1.165) is 23.4 Å². The van der Waals surface area contributed by atoms with Gasteiger partial charge in [0.2, 0.25) is 0 Å². The highest BCUT2D eigenvalue weighted by molar-refractivity contribution is 7.72. The average molecular weight is 601 g/mol. The molecule has 0 saturated heterocycles. The summed E-state index contributed by atoms with van der Waals surface area (Å²) < 4.78 is 2.89. The number of allylic oxidation sites excluding steroid dienone is 1. The fraction of sp³-hybridized carbons (Fsp3) is 0.333. The van der Waals surface area contributed by atoms with Crippen molar-refractivity contribution in [2.45, 2.75) is 50.4 Å². The Balaban J connectivity index is 1.19. The van der Waals surface area contributed by atoms with E-state index in [-0.39, 0.29) is 0 Å². The Morgan fingerprint density at radius 3 is 2.12 bits per heavy atom. The first-order chi connectivity index (χ1) is 20.3. The number of nitrogens with one attached hydrogen (secondary N) is 3. The second-order valence-corrected chi connectivity index (χ2v) is 12.0. The smallest absolute Gasteiger partial charge is 0.198 e. The molecule has 0 aliphatic heterocycles. The maximum atomic E-state index is 5.86. The lowest BCUT2D eigenvalue weighted by atomic mass is 9.72. The van der Waals surface area contributed by atoms with E-state index in [0.29, 0.717) is 33.6 Å². The lowest BCUT2D eigenvalue weighted by molar-refractivity contribution is 0.0951. The summed E-state index contributed by atoms with van der Waals surface area (Å²) in [5.41, 5.74) is 10.3. The van der Waals surface area contributed by atoms with Crippen LogP contribution in [0.1, 0.15) is 60.6 Å². The first-order valence-corrected chi connectivity index (χ1v) is 15.3. The molecule has 0 radical (unpaired) electrons. The van der Waals surface area contributed by atoms with Crippen molar-refractivity contribution in [3.05, 3.63) is 111 Å². The number of rotatable bonds is 11. The minimum absolute atomic E-state index is 0.493. The van der Waals surface area contributed by atoms with Crippen LogP contribution >= 0.6 is 24.4 Å². The lowest BCUT2D eigenvalue weighted by Gasteiger charge is -2.33. The molecule has 1 aliphatic rings. The second-order valence-electron chi connectivity index (χ2n) is 11.2. The SMILES string of the molecule is C=C(CCc1cccc(-n2c(=S)[nH][nH]c2=S)c1)ONN(C)c1cccc(C2CCCCC2c2cccc(N(C)C)c2)c1. The molecule has 2 unspecified atom stereocenters. The van der Waals surface area contributed by atoms with E-state index < -0.39 is 0 Å². The quantitative estimate of drug-likeness (QED) is 0.0918. The fourth-order valence-corrected chi connectivity index (χ4v) is 6.40. The van der Waals surface area contributed by atoms with Gasteiger partial charge in [-0.25, -0.2) is 0 Å². The van der Waals surface area contributed by atoms with Gasteiger partial charge in [-0.05, 0) is 109 Å². The van der Waals surface area contributed by atoms with E-state index in [1.165, 1.54) is 42.5 Å². The Bertz CT molecular complexity index is 1610. The van der Waals surface area contributed by atoms with Crippen molar-refractivity contribution in [1.82, 2.24) is 20.4 Å². The van der Waals surface area contributed by atoms with Crippen molar-refractivity contribution in [2.24, 2.45) is 0 Å². The number of aromatic nitrogens is 3. The summed E-state index contributed by atoms with van der Waals surface area (Å²) in [5, 5.41) is 7.68. The van der Waals surface area contributed by atoms with Crippen LogP contribution in [-0.4, -0.2) is 35.9 Å². The Kier molecular flexibility index (Phi) is 9.62. The van der Waals surface area contributed by atoms with Crippen LogP contribution in [0.25, 0.3) is 5.69 Å². The minimum Gasteiger partial charge on any atom is -0.394 e. The van der Waals surface area contributed by atoms with Crippen LogP contribution in [-0.2, 0) is 11.3 Å². The minimum atomic E-state index is 0.493. The van der Waals surface area contributed by atoms with Gasteiger partial charge in [0.1, 0.15) is 5.76 Å². The Hall–Kier alpha value is -3.66. The zero-order valence-electron chi connectivity index (χ0n) is 24.6. The van der Waals surface area contributed by atoms with Gasteiger partial charge in [-0.15, -0.1) is 0 Å². The summed E-state index contributed by atoms with van der Waals surface area (Å²) in [6.07, 6.45) is 6.42. The molecule has 0 bridgehead atoms. The molecule has 7 nitrogen and oxygen atoms in total. The van der Waals surface area contributed by atoms with Crippen LogP contribution in [0.2, 0.25) is 0 Å². The average Bonchev–Trinajstić information content (AvgIpc) is 3.36. The molecule has 2 atom stereocenters. The van der Waals surface area contributed by atoms with Gasteiger partial charge in [-0.3, -0.25) is 19.8 Å². The number of benzene rings is 3. The molecule has 1 aromatic heterocycles. The predicted molar refractivity (Wildman–Crippen MR) is 177 cm³/mol. The van der Waals surface area contributed by atoms with Crippen molar-refractivity contribution in [2.75, 3.05) is 31.1 Å². The number of nitrogens with zero attached hydrogens (tertiary/aromatic N) is 3. The molecule has 1 heterocycles. The number of hydrogen-bond donors (Lipinski definition) is 3. The number of anilines is 2.